The number of carboxylic acids is 1. The Morgan fingerprint density at radius 3 is 2.54 bits per heavy atom. The van der Waals surface area contributed by atoms with Crippen molar-refractivity contribution in [1.82, 2.24) is 20.5 Å². The first kappa shape index (κ1) is 19.7. The molecule has 8 heteroatoms. The van der Waals surface area contributed by atoms with E-state index in [1.165, 1.54) is 0 Å². The molecule has 2 heterocycles. The van der Waals surface area contributed by atoms with E-state index >= 15 is 0 Å². The summed E-state index contributed by atoms with van der Waals surface area (Å²) in [7, 11) is 0. The van der Waals surface area contributed by atoms with E-state index in [9.17, 15) is 19.5 Å². The van der Waals surface area contributed by atoms with E-state index in [2.05, 4.69) is 15.6 Å². The molecule has 4 N–H and O–H groups in total. The number of benzene rings is 1. The van der Waals surface area contributed by atoms with Crippen molar-refractivity contribution in [3.63, 3.8) is 0 Å². The molecular weight excluding hydrogens is 360 g/mol. The number of hydrogen-bond donors (Lipinski definition) is 4. The maximum absolute atomic E-state index is 12.2. The van der Waals surface area contributed by atoms with Gasteiger partial charge < -0.3 is 25.6 Å². The fourth-order valence-electron chi connectivity index (χ4n) is 3.52. The molecule has 0 unspecified atom stereocenters. The van der Waals surface area contributed by atoms with E-state index in [1.54, 1.807) is 11.1 Å². The Bertz CT molecular complexity index is 840. The van der Waals surface area contributed by atoms with Gasteiger partial charge in [-0.1, -0.05) is 31.0 Å². The van der Waals surface area contributed by atoms with Crippen molar-refractivity contribution in [2.45, 2.75) is 38.1 Å². The summed E-state index contributed by atoms with van der Waals surface area (Å²) < 4.78 is 0. The number of urea groups is 1. The van der Waals surface area contributed by atoms with Gasteiger partial charge in [0.1, 0.15) is 6.04 Å². The van der Waals surface area contributed by atoms with E-state index in [1.807, 2.05) is 24.3 Å². The van der Waals surface area contributed by atoms with Crippen molar-refractivity contribution >= 4 is 28.8 Å². The Morgan fingerprint density at radius 1 is 1.11 bits per heavy atom. The van der Waals surface area contributed by atoms with Gasteiger partial charge >= 0.3 is 12.0 Å². The highest BCUT2D eigenvalue weighted by Crippen LogP contribution is 2.19. The van der Waals surface area contributed by atoms with Crippen LogP contribution < -0.4 is 10.6 Å². The van der Waals surface area contributed by atoms with Crippen LogP contribution in [0, 0.1) is 0 Å². The van der Waals surface area contributed by atoms with Crippen LogP contribution >= 0.6 is 0 Å². The molecule has 0 aliphatic carbocycles. The highest BCUT2D eigenvalue weighted by atomic mass is 16.4. The number of rotatable bonds is 6. The number of nitrogens with zero attached hydrogens (tertiary/aromatic N) is 1. The molecule has 0 bridgehead atoms. The maximum Gasteiger partial charge on any atom is 0.326 e. The van der Waals surface area contributed by atoms with Crippen LogP contribution in [-0.2, 0) is 16.0 Å². The summed E-state index contributed by atoms with van der Waals surface area (Å²) in [4.78, 5) is 40.8. The number of aliphatic carboxylic acids is 1. The van der Waals surface area contributed by atoms with Gasteiger partial charge in [0, 0.05) is 36.6 Å². The lowest BCUT2D eigenvalue weighted by atomic mass is 10.1. The topological polar surface area (TPSA) is 115 Å². The number of carbonyl (C=O) groups is 3. The van der Waals surface area contributed by atoms with Crippen molar-refractivity contribution < 1.29 is 19.5 Å². The second kappa shape index (κ2) is 9.25. The maximum atomic E-state index is 12.2. The van der Waals surface area contributed by atoms with Crippen LogP contribution in [0.1, 0.15) is 31.2 Å². The number of fused-ring (bicyclic) bond motifs is 1. The number of H-pyrrole nitrogens is 1. The van der Waals surface area contributed by atoms with E-state index in [4.69, 9.17) is 0 Å². The largest absolute Gasteiger partial charge is 0.480 e. The minimum absolute atomic E-state index is 0.134. The van der Waals surface area contributed by atoms with Crippen molar-refractivity contribution in [3.05, 3.63) is 36.0 Å². The number of nitrogens with one attached hydrogen (secondary N) is 3. The number of hydrogen-bond acceptors (Lipinski definition) is 3. The summed E-state index contributed by atoms with van der Waals surface area (Å²) in [5, 5.41) is 15.3. The molecule has 1 atom stereocenters. The third-order valence-corrected chi connectivity index (χ3v) is 5.06. The Hall–Kier alpha value is -3.03. The van der Waals surface area contributed by atoms with E-state index < -0.39 is 18.0 Å². The Kier molecular flexibility index (Phi) is 6.52. The van der Waals surface area contributed by atoms with Crippen LogP contribution in [0.5, 0.6) is 0 Å². The number of amides is 3. The minimum Gasteiger partial charge on any atom is -0.480 e. The molecule has 28 heavy (non-hydrogen) atoms. The Labute approximate surface area is 163 Å². The molecule has 3 amide bonds. The first-order valence-electron chi connectivity index (χ1n) is 9.64. The zero-order valence-electron chi connectivity index (χ0n) is 15.7. The van der Waals surface area contributed by atoms with Gasteiger partial charge in [-0.05, 0) is 24.5 Å². The van der Waals surface area contributed by atoms with Crippen LogP contribution in [0.25, 0.3) is 10.9 Å². The van der Waals surface area contributed by atoms with Gasteiger partial charge in [-0.25, -0.2) is 9.59 Å². The summed E-state index contributed by atoms with van der Waals surface area (Å²) in [6.45, 7) is 1.28. The first-order valence-corrected chi connectivity index (χ1v) is 9.64. The third-order valence-electron chi connectivity index (χ3n) is 5.06. The smallest absolute Gasteiger partial charge is 0.326 e. The first-order chi connectivity index (χ1) is 13.5. The SMILES string of the molecule is O=C(NCC(=O)N1CCCCCC1)N[C@H](Cc1c[nH]c2ccccc12)C(=O)O. The van der Waals surface area contributed by atoms with E-state index in [0.29, 0.717) is 13.1 Å². The number of carbonyl (C=O) groups excluding carboxylic acids is 2. The number of para-hydroxylation sites is 1. The van der Waals surface area contributed by atoms with Crippen molar-refractivity contribution in [2.24, 2.45) is 0 Å². The number of aromatic nitrogens is 1. The summed E-state index contributed by atoms with van der Waals surface area (Å²) in [6.07, 6.45) is 6.08. The zero-order chi connectivity index (χ0) is 19.9. The molecule has 1 fully saturated rings. The molecule has 1 saturated heterocycles. The monoisotopic (exact) mass is 386 g/mol. The molecule has 1 aromatic heterocycles. The van der Waals surface area contributed by atoms with Crippen LogP contribution in [0.4, 0.5) is 4.79 Å². The zero-order valence-corrected chi connectivity index (χ0v) is 15.7. The van der Waals surface area contributed by atoms with Gasteiger partial charge in [0.25, 0.3) is 0 Å². The van der Waals surface area contributed by atoms with Crippen LogP contribution in [0.15, 0.2) is 30.5 Å². The average molecular weight is 386 g/mol. The third kappa shape index (κ3) is 5.03. The van der Waals surface area contributed by atoms with Crippen molar-refractivity contribution in [3.8, 4) is 0 Å². The van der Waals surface area contributed by atoms with Gasteiger partial charge in [-0.15, -0.1) is 0 Å². The molecule has 0 saturated carbocycles. The minimum atomic E-state index is -1.13. The highest BCUT2D eigenvalue weighted by Gasteiger charge is 2.23. The summed E-state index contributed by atoms with van der Waals surface area (Å²) in [6, 6.07) is 5.83. The average Bonchev–Trinajstić information content (AvgIpc) is 2.90. The fourth-order valence-corrected chi connectivity index (χ4v) is 3.52. The summed E-state index contributed by atoms with van der Waals surface area (Å²) in [5.74, 6) is -1.26. The van der Waals surface area contributed by atoms with Gasteiger partial charge in [-0.3, -0.25) is 4.79 Å². The summed E-state index contributed by atoms with van der Waals surface area (Å²) in [5.41, 5.74) is 1.72. The molecule has 1 aliphatic rings. The second-order valence-corrected chi connectivity index (χ2v) is 7.08. The molecule has 3 rings (SSSR count). The lowest BCUT2D eigenvalue weighted by molar-refractivity contribution is -0.139. The van der Waals surface area contributed by atoms with Gasteiger partial charge in [-0.2, -0.15) is 0 Å². The fraction of sp³-hybridized carbons (Fsp3) is 0.450. The molecule has 0 radical (unpaired) electrons. The lowest BCUT2D eigenvalue weighted by Crippen LogP contribution is -2.49. The van der Waals surface area contributed by atoms with E-state index in [0.717, 1.165) is 42.1 Å². The van der Waals surface area contributed by atoms with Gasteiger partial charge in [0.15, 0.2) is 0 Å². The molecule has 8 nitrogen and oxygen atoms in total. The molecular formula is C20H26N4O4. The normalized spacial score (nSPS) is 15.6. The quantitative estimate of drug-likeness (QED) is 0.607. The van der Waals surface area contributed by atoms with Crippen molar-refractivity contribution in [1.29, 1.82) is 0 Å². The number of likely N-dealkylation sites (tertiary alicyclic amines) is 1. The van der Waals surface area contributed by atoms with E-state index in [-0.39, 0.29) is 18.9 Å². The Balaban J connectivity index is 1.54. The number of carboxylic acid groups (broad SMARTS) is 1. The standard InChI is InChI=1S/C20H26N4O4/c25-18(24-9-5-1-2-6-10-24)13-22-20(28)23-17(19(26)27)11-14-12-21-16-8-4-3-7-15(14)16/h3-4,7-8,12,17,21H,1-2,5-6,9-11,13H2,(H,26,27)(H2,22,23,28)/t17-/m1/s1. The predicted molar refractivity (Wildman–Crippen MR) is 105 cm³/mol. The molecule has 0 spiro atoms. The van der Waals surface area contributed by atoms with Gasteiger partial charge in [0.05, 0.1) is 6.54 Å². The van der Waals surface area contributed by atoms with Crippen LogP contribution in [0.2, 0.25) is 0 Å². The molecule has 2 aromatic rings. The Morgan fingerprint density at radius 2 is 1.82 bits per heavy atom. The number of aromatic amines is 1. The summed E-state index contributed by atoms with van der Waals surface area (Å²) >= 11 is 0. The van der Waals surface area contributed by atoms with Crippen molar-refractivity contribution in [2.75, 3.05) is 19.6 Å². The predicted octanol–water partition coefficient (Wildman–Crippen LogP) is 1.87. The van der Waals surface area contributed by atoms with Gasteiger partial charge in [0.2, 0.25) is 5.91 Å². The highest BCUT2D eigenvalue weighted by molar-refractivity contribution is 5.88. The lowest BCUT2D eigenvalue weighted by Gasteiger charge is -2.21. The van der Waals surface area contributed by atoms with Crippen LogP contribution in [0.3, 0.4) is 0 Å². The molecule has 150 valence electrons. The molecule has 1 aromatic carbocycles. The van der Waals surface area contributed by atoms with Crippen LogP contribution in [-0.4, -0.2) is 58.6 Å². The second-order valence-electron chi connectivity index (χ2n) is 7.08. The molecule has 1 aliphatic heterocycles.